The highest BCUT2D eigenvalue weighted by Crippen LogP contribution is 2.12. The number of aromatic nitrogens is 2. The third-order valence-electron chi connectivity index (χ3n) is 4.72. The average Bonchev–Trinajstić information content (AvgIpc) is 2.87. The lowest BCUT2D eigenvalue weighted by Gasteiger charge is -2.35. The van der Waals surface area contributed by atoms with Crippen LogP contribution >= 0.6 is 24.0 Å². The first kappa shape index (κ1) is 23.5. The van der Waals surface area contributed by atoms with E-state index in [-0.39, 0.29) is 30.1 Å². The van der Waals surface area contributed by atoms with Gasteiger partial charge in [0.2, 0.25) is 0 Å². The molecule has 0 unspecified atom stereocenters. The number of hydrogen-bond acceptors (Lipinski definition) is 4. The molecule has 0 aliphatic carbocycles. The van der Waals surface area contributed by atoms with Gasteiger partial charge in [-0.05, 0) is 39.7 Å². The van der Waals surface area contributed by atoms with Gasteiger partial charge in [0.1, 0.15) is 0 Å². The maximum Gasteiger partial charge on any atom is 0.409 e. The molecule has 1 amide bonds. The first-order valence-electron chi connectivity index (χ1n) is 9.41. The Morgan fingerprint density at radius 3 is 2.33 bits per heavy atom. The van der Waals surface area contributed by atoms with Gasteiger partial charge >= 0.3 is 6.09 Å². The van der Waals surface area contributed by atoms with E-state index in [1.54, 1.807) is 4.90 Å². The highest BCUT2D eigenvalue weighted by atomic mass is 127. The number of halogens is 1. The Balaban J connectivity index is 0.00000364. The van der Waals surface area contributed by atoms with Crippen molar-refractivity contribution in [3.63, 3.8) is 0 Å². The number of aryl methyl sites for hydroxylation is 2. The quantitative estimate of drug-likeness (QED) is 0.387. The fourth-order valence-electron chi connectivity index (χ4n) is 3.19. The van der Waals surface area contributed by atoms with Gasteiger partial charge in [0.25, 0.3) is 0 Å². The van der Waals surface area contributed by atoms with E-state index in [0.717, 1.165) is 37.7 Å². The molecule has 154 valence electrons. The van der Waals surface area contributed by atoms with Gasteiger partial charge < -0.3 is 19.9 Å². The zero-order chi connectivity index (χ0) is 19.1. The molecule has 2 heterocycles. The van der Waals surface area contributed by atoms with E-state index < -0.39 is 0 Å². The van der Waals surface area contributed by atoms with Crippen LogP contribution in [0.1, 0.15) is 30.8 Å². The topological polar surface area (TPSA) is 75.0 Å². The maximum atomic E-state index is 11.8. The van der Waals surface area contributed by atoms with Gasteiger partial charge in [0.05, 0.1) is 12.3 Å². The van der Waals surface area contributed by atoms with E-state index in [2.05, 4.69) is 29.2 Å². The standard InChI is InChI=1S/C18H32N6O2.HI/c1-6-19-17(20-9-8-16-14(3)21-22(5)15(16)4)23-10-12-24(13-11-23)18(25)26-7-2;/h6-13H2,1-5H3,(H,19,20);1H. The van der Waals surface area contributed by atoms with Crippen molar-refractivity contribution >= 4 is 36.0 Å². The summed E-state index contributed by atoms with van der Waals surface area (Å²) >= 11 is 0. The zero-order valence-electron chi connectivity index (χ0n) is 17.1. The van der Waals surface area contributed by atoms with E-state index >= 15 is 0 Å². The summed E-state index contributed by atoms with van der Waals surface area (Å²) < 4.78 is 7.00. The van der Waals surface area contributed by atoms with E-state index in [1.807, 2.05) is 25.6 Å². The van der Waals surface area contributed by atoms with Crippen LogP contribution in [0.2, 0.25) is 0 Å². The van der Waals surface area contributed by atoms with E-state index in [4.69, 9.17) is 9.73 Å². The third-order valence-corrected chi connectivity index (χ3v) is 4.72. The molecule has 9 heteroatoms. The molecule has 1 aromatic rings. The molecule has 2 rings (SSSR count). The molecular formula is C18H33IN6O2. The number of carbonyl (C=O) groups is 1. The third kappa shape index (κ3) is 6.25. The first-order chi connectivity index (χ1) is 12.5. The predicted molar refractivity (Wildman–Crippen MR) is 118 cm³/mol. The van der Waals surface area contributed by atoms with Crippen molar-refractivity contribution in [3.05, 3.63) is 17.0 Å². The van der Waals surface area contributed by atoms with Crippen LogP contribution < -0.4 is 5.32 Å². The van der Waals surface area contributed by atoms with Crippen LogP contribution in [-0.2, 0) is 18.2 Å². The van der Waals surface area contributed by atoms with Crippen LogP contribution in [0.4, 0.5) is 4.79 Å². The van der Waals surface area contributed by atoms with Crippen molar-refractivity contribution < 1.29 is 9.53 Å². The molecule has 1 saturated heterocycles. The minimum absolute atomic E-state index is 0. The summed E-state index contributed by atoms with van der Waals surface area (Å²) in [5, 5.41) is 7.83. The normalized spacial score (nSPS) is 14.8. The average molecular weight is 492 g/mol. The van der Waals surface area contributed by atoms with Gasteiger partial charge in [-0.2, -0.15) is 5.10 Å². The summed E-state index contributed by atoms with van der Waals surface area (Å²) in [6.45, 7) is 12.8. The number of nitrogens with zero attached hydrogens (tertiary/aromatic N) is 5. The van der Waals surface area contributed by atoms with Crippen molar-refractivity contribution in [1.82, 2.24) is 24.9 Å². The number of carbonyl (C=O) groups excluding carboxylic acids is 1. The minimum Gasteiger partial charge on any atom is -0.450 e. The lowest BCUT2D eigenvalue weighted by Crippen LogP contribution is -2.54. The fourth-order valence-corrected chi connectivity index (χ4v) is 3.19. The van der Waals surface area contributed by atoms with Crippen LogP contribution in [0.15, 0.2) is 4.99 Å². The molecule has 8 nitrogen and oxygen atoms in total. The molecule has 1 aliphatic rings. The van der Waals surface area contributed by atoms with E-state index in [9.17, 15) is 4.79 Å². The Morgan fingerprint density at radius 1 is 1.19 bits per heavy atom. The lowest BCUT2D eigenvalue weighted by atomic mass is 10.1. The van der Waals surface area contributed by atoms with Gasteiger partial charge in [-0.25, -0.2) is 4.79 Å². The number of piperazine rings is 1. The van der Waals surface area contributed by atoms with Crippen molar-refractivity contribution in [1.29, 1.82) is 0 Å². The number of guanidine groups is 1. The lowest BCUT2D eigenvalue weighted by molar-refractivity contribution is 0.0914. The van der Waals surface area contributed by atoms with Gasteiger partial charge in [0.15, 0.2) is 5.96 Å². The van der Waals surface area contributed by atoms with Crippen LogP contribution in [-0.4, -0.2) is 77.5 Å². The highest BCUT2D eigenvalue weighted by molar-refractivity contribution is 14.0. The van der Waals surface area contributed by atoms with E-state index in [1.165, 1.54) is 11.3 Å². The van der Waals surface area contributed by atoms with Gasteiger partial charge in [-0.3, -0.25) is 9.67 Å². The summed E-state index contributed by atoms with van der Waals surface area (Å²) in [7, 11) is 1.97. The Morgan fingerprint density at radius 2 is 1.81 bits per heavy atom. The van der Waals surface area contributed by atoms with Crippen LogP contribution in [0.25, 0.3) is 0 Å². The molecule has 1 aromatic heterocycles. The minimum atomic E-state index is -0.225. The molecular weight excluding hydrogens is 459 g/mol. The Hall–Kier alpha value is -1.52. The molecule has 0 spiro atoms. The fraction of sp³-hybridized carbons (Fsp3) is 0.722. The monoisotopic (exact) mass is 492 g/mol. The summed E-state index contributed by atoms with van der Waals surface area (Å²) in [6.07, 6.45) is 0.653. The second-order valence-electron chi connectivity index (χ2n) is 6.43. The van der Waals surface area contributed by atoms with Crippen LogP contribution in [0.5, 0.6) is 0 Å². The van der Waals surface area contributed by atoms with Crippen molar-refractivity contribution in [2.24, 2.45) is 12.0 Å². The largest absolute Gasteiger partial charge is 0.450 e. The smallest absolute Gasteiger partial charge is 0.409 e. The summed E-state index contributed by atoms with van der Waals surface area (Å²) in [5.41, 5.74) is 3.55. The zero-order valence-corrected chi connectivity index (χ0v) is 19.4. The number of rotatable bonds is 5. The van der Waals surface area contributed by atoms with Gasteiger partial charge in [0, 0.05) is 52.0 Å². The summed E-state index contributed by atoms with van der Waals surface area (Å²) in [4.78, 5) is 20.6. The van der Waals surface area contributed by atoms with E-state index in [0.29, 0.717) is 26.2 Å². The van der Waals surface area contributed by atoms with Crippen molar-refractivity contribution in [2.45, 2.75) is 34.1 Å². The molecule has 0 bridgehead atoms. The predicted octanol–water partition coefficient (Wildman–Crippen LogP) is 1.94. The second-order valence-corrected chi connectivity index (χ2v) is 6.43. The van der Waals surface area contributed by atoms with Crippen molar-refractivity contribution in [3.8, 4) is 0 Å². The molecule has 1 N–H and O–H groups in total. The number of nitrogens with one attached hydrogen (secondary N) is 1. The molecule has 27 heavy (non-hydrogen) atoms. The number of amides is 1. The Kier molecular flexibility index (Phi) is 9.89. The highest BCUT2D eigenvalue weighted by Gasteiger charge is 2.23. The molecule has 0 radical (unpaired) electrons. The maximum absolute atomic E-state index is 11.8. The number of hydrogen-bond donors (Lipinski definition) is 1. The molecule has 1 aliphatic heterocycles. The summed E-state index contributed by atoms with van der Waals surface area (Å²) in [5.74, 6) is 0.912. The van der Waals surface area contributed by atoms with Crippen LogP contribution in [0, 0.1) is 13.8 Å². The first-order valence-corrected chi connectivity index (χ1v) is 9.41. The van der Waals surface area contributed by atoms with Crippen LogP contribution in [0.3, 0.4) is 0 Å². The molecule has 1 fully saturated rings. The molecule has 0 saturated carbocycles. The van der Waals surface area contributed by atoms with Crippen molar-refractivity contribution in [2.75, 3.05) is 45.9 Å². The molecule has 0 aromatic carbocycles. The SMILES string of the molecule is CCNC(=NCCc1c(C)nn(C)c1C)N1CCN(C(=O)OCC)CC1.I. The summed E-state index contributed by atoms with van der Waals surface area (Å²) in [6, 6.07) is 0. The number of ether oxygens (including phenoxy) is 1. The molecule has 0 atom stereocenters. The van der Waals surface area contributed by atoms with Gasteiger partial charge in [-0.15, -0.1) is 24.0 Å². The van der Waals surface area contributed by atoms with Gasteiger partial charge in [-0.1, -0.05) is 0 Å². The Labute approximate surface area is 179 Å². The number of aliphatic imine (C=N–C) groups is 1. The second kappa shape index (κ2) is 11.4. The Bertz CT molecular complexity index is 638.